The van der Waals surface area contributed by atoms with E-state index in [1.165, 1.54) is 19.3 Å². The van der Waals surface area contributed by atoms with Crippen LogP contribution in [0.15, 0.2) is 29.1 Å². The van der Waals surface area contributed by atoms with Crippen molar-refractivity contribution in [2.24, 2.45) is 0 Å². The van der Waals surface area contributed by atoms with Crippen molar-refractivity contribution in [1.29, 1.82) is 0 Å². The number of carbonyl (C=O) groups excluding carboxylic acids is 2. The largest absolute Gasteiger partial charge is 0.458 e. The van der Waals surface area contributed by atoms with E-state index in [0.29, 0.717) is 47.3 Å². The Morgan fingerprint density at radius 2 is 1.86 bits per heavy atom. The van der Waals surface area contributed by atoms with Gasteiger partial charge in [0.2, 0.25) is 0 Å². The van der Waals surface area contributed by atoms with Crippen molar-refractivity contribution in [1.82, 2.24) is 19.4 Å². The van der Waals surface area contributed by atoms with Crippen molar-refractivity contribution in [3.63, 3.8) is 0 Å². The summed E-state index contributed by atoms with van der Waals surface area (Å²) in [6.45, 7) is 7.52. The van der Waals surface area contributed by atoms with Crippen molar-refractivity contribution >= 4 is 23.0 Å². The van der Waals surface area contributed by atoms with Crippen LogP contribution in [0.3, 0.4) is 0 Å². The van der Waals surface area contributed by atoms with Crippen LogP contribution in [0.4, 0.5) is 4.79 Å². The number of amides is 1. The van der Waals surface area contributed by atoms with E-state index in [-0.39, 0.29) is 36.8 Å². The molecule has 0 saturated carbocycles. The first-order valence-electron chi connectivity index (χ1n) is 15.7. The number of esters is 1. The maximum atomic E-state index is 13.6. The Labute approximate surface area is 250 Å². The van der Waals surface area contributed by atoms with Gasteiger partial charge in [-0.3, -0.25) is 4.79 Å². The van der Waals surface area contributed by atoms with Crippen molar-refractivity contribution in [3.05, 3.63) is 56.9 Å². The molecular weight excluding hydrogens is 548 g/mol. The van der Waals surface area contributed by atoms with Gasteiger partial charge in [-0.25, -0.2) is 14.6 Å². The number of aromatic nitrogens is 2. The predicted octanol–water partition coefficient (Wildman–Crippen LogP) is 4.09. The zero-order valence-corrected chi connectivity index (χ0v) is 24.9. The molecule has 1 amide bonds. The molecule has 6 heterocycles. The summed E-state index contributed by atoms with van der Waals surface area (Å²) in [5.74, 6) is -0.292. The molecular formula is C33H38N4O6. The van der Waals surface area contributed by atoms with Gasteiger partial charge in [0, 0.05) is 35.6 Å². The van der Waals surface area contributed by atoms with Gasteiger partial charge >= 0.3 is 12.1 Å². The first kappa shape index (κ1) is 28.0. The third-order valence-corrected chi connectivity index (χ3v) is 9.93. The monoisotopic (exact) mass is 586 g/mol. The highest BCUT2D eigenvalue weighted by molar-refractivity contribution is 5.93. The maximum absolute atomic E-state index is 13.6. The third-order valence-electron chi connectivity index (χ3n) is 9.93. The van der Waals surface area contributed by atoms with Gasteiger partial charge in [-0.2, -0.15) is 0 Å². The van der Waals surface area contributed by atoms with E-state index < -0.39 is 11.6 Å². The lowest BCUT2D eigenvalue weighted by atomic mass is 9.86. The second kappa shape index (κ2) is 10.7. The van der Waals surface area contributed by atoms with Crippen LogP contribution >= 0.6 is 0 Å². The van der Waals surface area contributed by atoms with Gasteiger partial charge < -0.3 is 28.9 Å². The van der Waals surface area contributed by atoms with Crippen LogP contribution in [-0.4, -0.2) is 68.7 Å². The van der Waals surface area contributed by atoms with Crippen molar-refractivity contribution in [2.75, 3.05) is 26.2 Å². The first-order chi connectivity index (χ1) is 20.8. The lowest BCUT2D eigenvalue weighted by molar-refractivity contribution is -0.172. The topological polar surface area (TPSA) is 114 Å². The van der Waals surface area contributed by atoms with Crippen LogP contribution in [0, 0.1) is 0 Å². The third kappa shape index (κ3) is 4.53. The van der Waals surface area contributed by atoms with Gasteiger partial charge in [0.25, 0.3) is 5.56 Å². The second-order valence-corrected chi connectivity index (χ2v) is 12.3. The van der Waals surface area contributed by atoms with Crippen molar-refractivity contribution in [3.8, 4) is 17.1 Å². The molecule has 0 aliphatic carbocycles. The van der Waals surface area contributed by atoms with Crippen LogP contribution in [0.25, 0.3) is 22.3 Å². The Bertz CT molecular complexity index is 1690. The molecule has 43 heavy (non-hydrogen) atoms. The standard InChI is InChI=1S/C33H38N4O6/c1-3-20-8-9-27(43-32(40)36-14-10-22(11-15-36)35-12-6-5-7-13-35)23-16-21-18-37-26(29(21)34-28(20)23)17-25-24(30(37)38)19-42-31(39)33(25,41)4-2/h8-9,16-17,22,41H,3-7,10-15,18-19H2,1-2H3/t33-/m0/s1. The molecule has 0 unspecified atom stereocenters. The molecule has 1 N–H and O–H groups in total. The number of nitrogens with zero attached hydrogens (tertiary/aromatic N) is 4. The second-order valence-electron chi connectivity index (χ2n) is 12.3. The van der Waals surface area contributed by atoms with E-state index >= 15 is 0 Å². The van der Waals surface area contributed by atoms with E-state index in [0.717, 1.165) is 48.9 Å². The number of hydrogen-bond acceptors (Lipinski definition) is 8. The van der Waals surface area contributed by atoms with E-state index in [2.05, 4.69) is 4.90 Å². The number of aliphatic hydroxyl groups is 1. The summed E-state index contributed by atoms with van der Waals surface area (Å²) in [4.78, 5) is 48.8. The number of carbonyl (C=O) groups is 2. The SMILES string of the molecule is CCc1ccc(OC(=O)N2CCC(N3CCCCC3)CC2)c2cc3c(nc12)-c1cc2c(c(=O)n1C3)COC(=O)[C@]2(O)CC. The first-order valence-corrected chi connectivity index (χ1v) is 15.7. The van der Waals surface area contributed by atoms with Crippen LogP contribution in [0.5, 0.6) is 5.75 Å². The molecule has 7 rings (SSSR count). The minimum atomic E-state index is -1.87. The predicted molar refractivity (Wildman–Crippen MR) is 160 cm³/mol. The Hall–Kier alpha value is -3.76. The molecule has 10 nitrogen and oxygen atoms in total. The lowest BCUT2D eigenvalue weighted by Gasteiger charge is -2.39. The summed E-state index contributed by atoms with van der Waals surface area (Å²) < 4.78 is 12.8. The smallest absolute Gasteiger partial charge is 0.415 e. The number of pyridine rings is 2. The molecule has 0 radical (unpaired) electrons. The van der Waals surface area contributed by atoms with Crippen LogP contribution in [0.1, 0.15) is 74.6 Å². The number of ether oxygens (including phenoxy) is 2. The van der Waals surface area contributed by atoms with Gasteiger partial charge in [0.15, 0.2) is 5.60 Å². The fourth-order valence-corrected chi connectivity index (χ4v) is 7.33. The zero-order valence-electron chi connectivity index (χ0n) is 24.9. The molecule has 1 atom stereocenters. The molecule has 2 fully saturated rings. The molecule has 0 bridgehead atoms. The molecule has 4 aliphatic heterocycles. The van der Waals surface area contributed by atoms with E-state index in [1.807, 2.05) is 25.1 Å². The molecule has 1 aromatic carbocycles. The Morgan fingerprint density at radius 3 is 2.58 bits per heavy atom. The molecule has 3 aromatic rings. The van der Waals surface area contributed by atoms with Gasteiger partial charge in [-0.15, -0.1) is 0 Å². The summed E-state index contributed by atoms with van der Waals surface area (Å²) >= 11 is 0. The number of rotatable bonds is 4. The van der Waals surface area contributed by atoms with Crippen LogP contribution in [-0.2, 0) is 34.7 Å². The Kier molecular flexibility index (Phi) is 7.01. The minimum absolute atomic E-state index is 0.0877. The average molecular weight is 587 g/mol. The van der Waals surface area contributed by atoms with Gasteiger partial charge in [-0.1, -0.05) is 26.3 Å². The maximum Gasteiger partial charge on any atom is 0.415 e. The van der Waals surface area contributed by atoms with Crippen LogP contribution in [0.2, 0.25) is 0 Å². The molecule has 226 valence electrons. The zero-order chi connectivity index (χ0) is 29.9. The fourth-order valence-electron chi connectivity index (χ4n) is 7.33. The highest BCUT2D eigenvalue weighted by atomic mass is 16.6. The average Bonchev–Trinajstić information content (AvgIpc) is 3.40. The van der Waals surface area contributed by atoms with Gasteiger partial charge in [0.1, 0.15) is 12.4 Å². The minimum Gasteiger partial charge on any atom is -0.458 e. The van der Waals surface area contributed by atoms with E-state index in [1.54, 1.807) is 22.5 Å². The molecule has 4 aliphatic rings. The number of piperidine rings is 2. The van der Waals surface area contributed by atoms with Gasteiger partial charge in [0.05, 0.1) is 29.0 Å². The quantitative estimate of drug-likeness (QED) is 0.356. The Morgan fingerprint density at radius 1 is 1.09 bits per heavy atom. The molecule has 2 aromatic heterocycles. The van der Waals surface area contributed by atoms with Crippen LogP contribution < -0.4 is 10.3 Å². The summed E-state index contributed by atoms with van der Waals surface area (Å²) in [6.07, 6.45) is 6.21. The number of fused-ring (bicyclic) bond motifs is 5. The van der Waals surface area contributed by atoms with E-state index in [4.69, 9.17) is 14.5 Å². The summed E-state index contributed by atoms with van der Waals surface area (Å²) in [7, 11) is 0. The van der Waals surface area contributed by atoms with Crippen molar-refractivity contribution in [2.45, 2.75) is 83.6 Å². The highest BCUT2D eigenvalue weighted by Gasteiger charge is 2.45. The summed E-state index contributed by atoms with van der Waals surface area (Å²) in [6, 6.07) is 7.99. The van der Waals surface area contributed by atoms with Gasteiger partial charge in [-0.05, 0) is 75.4 Å². The number of aryl methyl sites for hydroxylation is 1. The normalized spacial score (nSPS) is 22.2. The fraction of sp³-hybridized carbons (Fsp3) is 0.515. The van der Waals surface area contributed by atoms with E-state index in [9.17, 15) is 19.5 Å². The number of likely N-dealkylation sites (tertiary alicyclic amines) is 2. The molecule has 10 heteroatoms. The Balaban J connectivity index is 1.20. The summed E-state index contributed by atoms with van der Waals surface area (Å²) in [5.41, 5.74) is 2.10. The molecule has 0 spiro atoms. The number of hydrogen-bond donors (Lipinski definition) is 1. The lowest BCUT2D eigenvalue weighted by Crippen LogP contribution is -2.48. The highest BCUT2D eigenvalue weighted by Crippen LogP contribution is 2.40. The number of cyclic esters (lactones) is 1. The summed E-state index contributed by atoms with van der Waals surface area (Å²) in [5, 5.41) is 11.9. The van der Waals surface area contributed by atoms with Crippen molar-refractivity contribution < 1.29 is 24.2 Å². The molecule has 2 saturated heterocycles. The number of benzene rings is 1.